The summed E-state index contributed by atoms with van der Waals surface area (Å²) in [6.07, 6.45) is 5.05. The maximum atomic E-state index is 4.49. The molecule has 0 amide bonds. The summed E-state index contributed by atoms with van der Waals surface area (Å²) in [5.41, 5.74) is 1.44. The largest absolute Gasteiger partial charge is 0.356 e. The van der Waals surface area contributed by atoms with Crippen LogP contribution in [-0.4, -0.2) is 68.6 Å². The van der Waals surface area contributed by atoms with E-state index in [9.17, 15) is 0 Å². The molecular formula is C25H38IN5S. The number of nitrogens with one attached hydrogen (secondary N) is 2. The second-order valence-corrected chi connectivity index (χ2v) is 9.78. The van der Waals surface area contributed by atoms with E-state index in [1.54, 1.807) is 0 Å². The van der Waals surface area contributed by atoms with E-state index >= 15 is 0 Å². The Bertz CT molecular complexity index is 792. The lowest BCUT2D eigenvalue weighted by Gasteiger charge is -2.27. The Morgan fingerprint density at radius 3 is 2.62 bits per heavy atom. The first-order valence-electron chi connectivity index (χ1n) is 11.8. The molecule has 0 bridgehead atoms. The molecular weight excluding hydrogens is 529 g/mol. The van der Waals surface area contributed by atoms with Crippen molar-refractivity contribution in [2.45, 2.75) is 31.7 Å². The summed E-state index contributed by atoms with van der Waals surface area (Å²) in [5, 5.41) is 9.39. The predicted octanol–water partition coefficient (Wildman–Crippen LogP) is 4.23. The minimum atomic E-state index is 0. The molecule has 4 rings (SSSR count). The molecule has 176 valence electrons. The van der Waals surface area contributed by atoms with Crippen LogP contribution in [0.1, 0.15) is 35.7 Å². The average Bonchev–Trinajstić information content (AvgIpc) is 3.59. The average molecular weight is 568 g/mol. The molecule has 2 saturated heterocycles. The van der Waals surface area contributed by atoms with E-state index < -0.39 is 0 Å². The Morgan fingerprint density at radius 2 is 1.91 bits per heavy atom. The lowest BCUT2D eigenvalue weighted by atomic mass is 10.1. The van der Waals surface area contributed by atoms with Gasteiger partial charge in [-0.05, 0) is 68.2 Å². The van der Waals surface area contributed by atoms with Crippen LogP contribution >= 0.6 is 35.3 Å². The quantitative estimate of drug-likeness (QED) is 0.271. The molecule has 2 atom stereocenters. The van der Waals surface area contributed by atoms with Gasteiger partial charge in [-0.25, -0.2) is 0 Å². The van der Waals surface area contributed by atoms with E-state index in [-0.39, 0.29) is 24.0 Å². The topological polar surface area (TPSA) is 42.9 Å². The molecule has 7 heteroatoms. The number of hydrogen-bond acceptors (Lipinski definition) is 4. The van der Waals surface area contributed by atoms with Crippen molar-refractivity contribution in [1.82, 2.24) is 20.4 Å². The van der Waals surface area contributed by atoms with Crippen LogP contribution in [0.15, 0.2) is 52.8 Å². The van der Waals surface area contributed by atoms with Crippen molar-refractivity contribution < 1.29 is 0 Å². The van der Waals surface area contributed by atoms with Crippen LogP contribution in [0.4, 0.5) is 0 Å². The van der Waals surface area contributed by atoms with Crippen molar-refractivity contribution in [1.29, 1.82) is 0 Å². The summed E-state index contributed by atoms with van der Waals surface area (Å²) in [5.74, 6) is 1.63. The highest BCUT2D eigenvalue weighted by atomic mass is 127. The van der Waals surface area contributed by atoms with Crippen molar-refractivity contribution in [2.75, 3.05) is 52.9 Å². The van der Waals surface area contributed by atoms with E-state index in [4.69, 9.17) is 0 Å². The molecule has 32 heavy (non-hydrogen) atoms. The third kappa shape index (κ3) is 7.43. The normalized spacial score (nSPS) is 20.8. The van der Waals surface area contributed by atoms with Crippen molar-refractivity contribution in [3.05, 3.63) is 58.3 Å². The van der Waals surface area contributed by atoms with Crippen LogP contribution in [-0.2, 0) is 6.42 Å². The maximum Gasteiger partial charge on any atom is 0.191 e. The SMILES string of the molecule is CN=C(NCC1CCN(CCc2ccccc2)C1)NCC(c1cccs1)N1CCCC1.I. The van der Waals surface area contributed by atoms with E-state index in [0.29, 0.717) is 12.0 Å². The number of guanidine groups is 1. The summed E-state index contributed by atoms with van der Waals surface area (Å²) >= 11 is 1.87. The molecule has 5 nitrogen and oxygen atoms in total. The molecule has 0 saturated carbocycles. The minimum absolute atomic E-state index is 0. The second-order valence-electron chi connectivity index (χ2n) is 8.80. The fourth-order valence-corrected chi connectivity index (χ4v) is 5.67. The number of likely N-dealkylation sites (tertiary alicyclic amines) is 2. The predicted molar refractivity (Wildman–Crippen MR) is 147 cm³/mol. The van der Waals surface area contributed by atoms with Gasteiger partial charge in [0.2, 0.25) is 0 Å². The number of halogens is 1. The Balaban J connectivity index is 0.00000289. The van der Waals surface area contributed by atoms with Crippen LogP contribution in [0.3, 0.4) is 0 Å². The molecule has 2 unspecified atom stereocenters. The highest BCUT2D eigenvalue weighted by molar-refractivity contribution is 14.0. The molecule has 2 aliphatic heterocycles. The fraction of sp³-hybridized carbons (Fsp3) is 0.560. The van der Waals surface area contributed by atoms with Crippen LogP contribution in [0.5, 0.6) is 0 Å². The zero-order valence-corrected chi connectivity index (χ0v) is 22.4. The molecule has 2 fully saturated rings. The first kappa shape index (κ1) is 25.5. The van der Waals surface area contributed by atoms with Gasteiger partial charge in [-0.15, -0.1) is 35.3 Å². The number of benzene rings is 1. The maximum absolute atomic E-state index is 4.49. The van der Waals surface area contributed by atoms with Crippen molar-refractivity contribution in [2.24, 2.45) is 10.9 Å². The Labute approximate surface area is 214 Å². The fourth-order valence-electron chi connectivity index (χ4n) is 4.81. The van der Waals surface area contributed by atoms with Crippen LogP contribution < -0.4 is 10.6 Å². The smallest absolute Gasteiger partial charge is 0.191 e. The van der Waals surface area contributed by atoms with Crippen molar-refractivity contribution in [3.63, 3.8) is 0 Å². The first-order valence-corrected chi connectivity index (χ1v) is 12.7. The van der Waals surface area contributed by atoms with Gasteiger partial charge in [0.05, 0.1) is 6.04 Å². The van der Waals surface area contributed by atoms with Crippen molar-refractivity contribution in [3.8, 4) is 0 Å². The highest BCUT2D eigenvalue weighted by Gasteiger charge is 2.25. The molecule has 3 heterocycles. The van der Waals surface area contributed by atoms with E-state index in [2.05, 4.69) is 73.3 Å². The summed E-state index contributed by atoms with van der Waals surface area (Å²) in [7, 11) is 1.88. The van der Waals surface area contributed by atoms with Gasteiger partial charge in [-0.2, -0.15) is 0 Å². The number of aliphatic imine (C=N–C) groups is 1. The number of thiophene rings is 1. The number of hydrogen-bond donors (Lipinski definition) is 2. The Hall–Kier alpha value is -1.16. The van der Waals surface area contributed by atoms with Crippen LogP contribution in [0.2, 0.25) is 0 Å². The Kier molecular flexibility index (Phi) is 10.8. The molecule has 1 aromatic heterocycles. The third-order valence-corrected chi connectivity index (χ3v) is 7.60. The van der Waals surface area contributed by atoms with Crippen LogP contribution in [0, 0.1) is 5.92 Å². The van der Waals surface area contributed by atoms with Gasteiger partial charge in [0.1, 0.15) is 0 Å². The van der Waals surface area contributed by atoms with E-state index in [1.165, 1.54) is 55.9 Å². The van der Waals surface area contributed by atoms with Gasteiger partial charge in [0.25, 0.3) is 0 Å². The summed E-state index contributed by atoms with van der Waals surface area (Å²) < 4.78 is 0. The molecule has 2 N–H and O–H groups in total. The second kappa shape index (κ2) is 13.5. The molecule has 2 aliphatic rings. The van der Waals surface area contributed by atoms with Crippen molar-refractivity contribution >= 4 is 41.3 Å². The zero-order valence-electron chi connectivity index (χ0n) is 19.2. The van der Waals surface area contributed by atoms with Gasteiger partial charge in [-0.3, -0.25) is 9.89 Å². The van der Waals surface area contributed by atoms with Gasteiger partial charge >= 0.3 is 0 Å². The molecule has 1 aromatic carbocycles. The molecule has 0 radical (unpaired) electrons. The summed E-state index contributed by atoms with van der Waals surface area (Å²) in [6.45, 7) is 7.87. The van der Waals surface area contributed by atoms with Crippen LogP contribution in [0.25, 0.3) is 0 Å². The highest BCUT2D eigenvalue weighted by Crippen LogP contribution is 2.27. The lowest BCUT2D eigenvalue weighted by molar-refractivity contribution is 0.249. The van der Waals surface area contributed by atoms with E-state index in [1.807, 2.05) is 18.4 Å². The monoisotopic (exact) mass is 567 g/mol. The standard InChI is InChI=1S/C25H37N5S.HI/c1-26-25(28-19-23(24-10-7-17-31-24)30-13-5-6-14-30)27-18-22-12-16-29(20-22)15-11-21-8-3-2-4-9-21;/h2-4,7-10,17,22-23H,5-6,11-16,18-20H2,1H3,(H2,26,27,28);1H. The molecule has 0 spiro atoms. The van der Waals surface area contributed by atoms with Gasteiger partial charge in [-0.1, -0.05) is 36.4 Å². The molecule has 2 aromatic rings. The number of nitrogens with zero attached hydrogens (tertiary/aromatic N) is 3. The zero-order chi connectivity index (χ0) is 21.3. The third-order valence-electron chi connectivity index (χ3n) is 6.63. The van der Waals surface area contributed by atoms with E-state index in [0.717, 1.165) is 32.0 Å². The minimum Gasteiger partial charge on any atom is -0.356 e. The summed E-state index contributed by atoms with van der Waals surface area (Å²) in [4.78, 5) is 11.2. The van der Waals surface area contributed by atoms with Gasteiger partial charge in [0, 0.05) is 38.1 Å². The first-order chi connectivity index (χ1) is 15.3. The van der Waals surface area contributed by atoms with Gasteiger partial charge < -0.3 is 15.5 Å². The number of rotatable bonds is 9. The lowest BCUT2D eigenvalue weighted by Crippen LogP contribution is -2.44. The Morgan fingerprint density at radius 1 is 1.09 bits per heavy atom. The molecule has 0 aliphatic carbocycles. The summed E-state index contributed by atoms with van der Waals surface area (Å²) in [6, 6.07) is 15.7. The van der Waals surface area contributed by atoms with Gasteiger partial charge in [0.15, 0.2) is 5.96 Å².